The zero-order chi connectivity index (χ0) is 20.8. The summed E-state index contributed by atoms with van der Waals surface area (Å²) in [5.74, 6) is 1.92. The second-order valence-electron chi connectivity index (χ2n) is 8.10. The molecule has 5 rings (SSSR count). The highest BCUT2D eigenvalue weighted by Gasteiger charge is 2.36. The van der Waals surface area contributed by atoms with E-state index >= 15 is 0 Å². The molecule has 3 aromatic rings. The molecule has 2 aliphatic heterocycles. The van der Waals surface area contributed by atoms with Gasteiger partial charge in [-0.3, -0.25) is 9.69 Å². The maximum atomic E-state index is 13.2. The number of carbonyl (C=O) groups excluding carboxylic acids is 1. The zero-order valence-electron chi connectivity index (χ0n) is 17.0. The molecule has 2 aromatic heterocycles. The number of fused-ring (bicyclic) bond motifs is 1. The number of aromatic nitrogens is 4. The van der Waals surface area contributed by atoms with Crippen molar-refractivity contribution < 1.29 is 14.3 Å². The van der Waals surface area contributed by atoms with Gasteiger partial charge in [0.05, 0.1) is 18.7 Å². The van der Waals surface area contributed by atoms with Gasteiger partial charge in [0.25, 0.3) is 5.91 Å². The predicted molar refractivity (Wildman–Crippen MR) is 107 cm³/mol. The number of benzene rings is 1. The second-order valence-corrected chi connectivity index (χ2v) is 8.10. The van der Waals surface area contributed by atoms with E-state index in [0.29, 0.717) is 44.1 Å². The van der Waals surface area contributed by atoms with Crippen molar-refractivity contribution in [1.82, 2.24) is 29.5 Å². The van der Waals surface area contributed by atoms with Crippen LogP contribution in [0.4, 0.5) is 0 Å². The first kappa shape index (κ1) is 19.0. The van der Waals surface area contributed by atoms with E-state index in [2.05, 4.69) is 24.6 Å². The molecule has 1 amide bonds. The van der Waals surface area contributed by atoms with Gasteiger partial charge in [0, 0.05) is 25.2 Å². The number of nitrogens with zero attached hydrogens (tertiary/aromatic N) is 6. The predicted octanol–water partition coefficient (Wildman–Crippen LogP) is 1.64. The number of rotatable bonds is 3. The van der Waals surface area contributed by atoms with Crippen LogP contribution >= 0.6 is 0 Å². The Morgan fingerprint density at radius 1 is 1.27 bits per heavy atom. The molecule has 1 fully saturated rings. The molecule has 4 heterocycles. The number of oxazole rings is 1. The average molecular weight is 408 g/mol. The van der Waals surface area contributed by atoms with Gasteiger partial charge in [0.15, 0.2) is 29.5 Å². The molecule has 0 radical (unpaired) electrons. The van der Waals surface area contributed by atoms with E-state index < -0.39 is 0 Å². The minimum atomic E-state index is -0.346. The number of aliphatic hydroxyl groups excluding tert-OH is 1. The smallest absolute Gasteiger partial charge is 0.276 e. The van der Waals surface area contributed by atoms with Crippen LogP contribution in [0.15, 0.2) is 35.1 Å². The molecule has 0 spiro atoms. The third-order valence-electron chi connectivity index (χ3n) is 5.94. The van der Waals surface area contributed by atoms with Crippen molar-refractivity contribution in [2.75, 3.05) is 20.1 Å². The van der Waals surface area contributed by atoms with Crippen molar-refractivity contribution in [3.8, 4) is 11.3 Å². The number of aryl methyl sites for hydroxylation is 1. The molecule has 0 aliphatic carbocycles. The minimum absolute atomic E-state index is 0.0481. The molecule has 30 heavy (non-hydrogen) atoms. The SMILES string of the molecule is Cc1cccc(-c2ocnc2C(=O)N2CCn3c(nnc3C3CC(O)CN3C)C2)c1. The summed E-state index contributed by atoms with van der Waals surface area (Å²) < 4.78 is 7.64. The number of likely N-dealkylation sites (N-methyl/N-ethyl adjacent to an activating group) is 1. The van der Waals surface area contributed by atoms with Crippen LogP contribution in [0.25, 0.3) is 11.3 Å². The van der Waals surface area contributed by atoms with Crippen LogP contribution < -0.4 is 0 Å². The topological polar surface area (TPSA) is 101 Å². The molecule has 156 valence electrons. The monoisotopic (exact) mass is 408 g/mol. The standard InChI is InChI=1S/C21H24N6O3/c1-13-4-3-5-14(8-13)19-18(22-12-30-19)21(29)26-6-7-27-17(11-26)23-24-20(27)16-9-15(28)10-25(16)2/h3-5,8,12,15-16,28H,6-7,9-11H2,1-2H3. The summed E-state index contributed by atoms with van der Waals surface area (Å²) in [6.07, 6.45) is 1.62. The molecule has 9 nitrogen and oxygen atoms in total. The Labute approximate surface area is 173 Å². The molecular weight excluding hydrogens is 384 g/mol. The fraction of sp³-hybridized carbons (Fsp3) is 0.429. The Hall–Kier alpha value is -3.04. The summed E-state index contributed by atoms with van der Waals surface area (Å²) in [5.41, 5.74) is 2.23. The Morgan fingerprint density at radius 3 is 2.90 bits per heavy atom. The highest BCUT2D eigenvalue weighted by Crippen LogP contribution is 2.31. The first-order valence-electron chi connectivity index (χ1n) is 10.1. The van der Waals surface area contributed by atoms with Gasteiger partial charge in [-0.05, 0) is 26.5 Å². The first-order chi connectivity index (χ1) is 14.5. The number of aliphatic hydroxyl groups is 1. The summed E-state index contributed by atoms with van der Waals surface area (Å²) in [4.78, 5) is 21.3. The highest BCUT2D eigenvalue weighted by atomic mass is 16.3. The van der Waals surface area contributed by atoms with Crippen LogP contribution in [-0.4, -0.2) is 66.8 Å². The largest absolute Gasteiger partial charge is 0.443 e. The molecule has 2 atom stereocenters. The van der Waals surface area contributed by atoms with Crippen molar-refractivity contribution in [2.45, 2.75) is 38.6 Å². The second kappa shape index (κ2) is 7.33. The maximum Gasteiger partial charge on any atom is 0.276 e. The number of hydrogen-bond acceptors (Lipinski definition) is 7. The summed E-state index contributed by atoms with van der Waals surface area (Å²) in [5, 5.41) is 18.7. The molecule has 9 heteroatoms. The van der Waals surface area contributed by atoms with E-state index in [9.17, 15) is 9.90 Å². The van der Waals surface area contributed by atoms with Crippen LogP contribution in [0.2, 0.25) is 0 Å². The van der Waals surface area contributed by atoms with Crippen molar-refractivity contribution >= 4 is 5.91 Å². The molecule has 1 N–H and O–H groups in total. The Bertz CT molecular complexity index is 1090. The molecule has 2 aliphatic rings. The van der Waals surface area contributed by atoms with E-state index in [1.54, 1.807) is 4.90 Å². The number of likely N-dealkylation sites (tertiary alicyclic amines) is 1. The lowest BCUT2D eigenvalue weighted by atomic mass is 10.1. The highest BCUT2D eigenvalue weighted by molar-refractivity contribution is 5.97. The first-order valence-corrected chi connectivity index (χ1v) is 10.1. The van der Waals surface area contributed by atoms with Gasteiger partial charge in [0.1, 0.15) is 0 Å². The van der Waals surface area contributed by atoms with Crippen molar-refractivity contribution in [3.63, 3.8) is 0 Å². The Morgan fingerprint density at radius 2 is 2.13 bits per heavy atom. The zero-order valence-corrected chi connectivity index (χ0v) is 17.0. The van der Waals surface area contributed by atoms with Crippen LogP contribution in [0, 0.1) is 6.92 Å². The average Bonchev–Trinajstić information content (AvgIpc) is 3.45. The van der Waals surface area contributed by atoms with Crippen LogP contribution in [0.5, 0.6) is 0 Å². The molecular formula is C21H24N6O3. The van der Waals surface area contributed by atoms with Gasteiger partial charge in [-0.2, -0.15) is 0 Å². The Balaban J connectivity index is 1.38. The molecule has 0 bridgehead atoms. The quantitative estimate of drug-likeness (QED) is 0.703. The fourth-order valence-electron chi connectivity index (χ4n) is 4.41. The van der Waals surface area contributed by atoms with Crippen LogP contribution in [-0.2, 0) is 13.1 Å². The maximum absolute atomic E-state index is 13.2. The van der Waals surface area contributed by atoms with E-state index in [0.717, 1.165) is 22.8 Å². The fourth-order valence-corrected chi connectivity index (χ4v) is 4.41. The van der Waals surface area contributed by atoms with E-state index in [1.807, 2.05) is 38.2 Å². The van der Waals surface area contributed by atoms with Gasteiger partial charge < -0.3 is 19.0 Å². The van der Waals surface area contributed by atoms with E-state index in [4.69, 9.17) is 4.42 Å². The number of carbonyl (C=O) groups is 1. The number of β-amino-alcohol motifs (C(OH)–C–C–N with tert-alkyl or cyclic N) is 1. The lowest BCUT2D eigenvalue weighted by molar-refractivity contribution is 0.0700. The van der Waals surface area contributed by atoms with E-state index in [1.165, 1.54) is 6.39 Å². The summed E-state index contributed by atoms with van der Waals surface area (Å²) in [7, 11) is 1.98. The van der Waals surface area contributed by atoms with Crippen molar-refractivity contribution in [2.24, 2.45) is 0 Å². The summed E-state index contributed by atoms with van der Waals surface area (Å²) in [6.45, 7) is 4.14. The van der Waals surface area contributed by atoms with E-state index in [-0.39, 0.29) is 18.1 Å². The van der Waals surface area contributed by atoms with Crippen molar-refractivity contribution in [1.29, 1.82) is 0 Å². The lowest BCUT2D eigenvalue weighted by Gasteiger charge is -2.29. The van der Waals surface area contributed by atoms with Crippen LogP contribution in [0.1, 0.15) is 40.2 Å². The number of amides is 1. The number of hydrogen-bond donors (Lipinski definition) is 1. The van der Waals surface area contributed by atoms with Gasteiger partial charge in [-0.25, -0.2) is 4.98 Å². The third-order valence-corrected chi connectivity index (χ3v) is 5.94. The summed E-state index contributed by atoms with van der Waals surface area (Å²) in [6, 6.07) is 7.87. The third kappa shape index (κ3) is 3.20. The van der Waals surface area contributed by atoms with Gasteiger partial charge >= 0.3 is 0 Å². The molecule has 1 aromatic carbocycles. The molecule has 2 unspecified atom stereocenters. The van der Waals surface area contributed by atoms with Gasteiger partial charge in [-0.15, -0.1) is 10.2 Å². The molecule has 0 saturated carbocycles. The summed E-state index contributed by atoms with van der Waals surface area (Å²) >= 11 is 0. The van der Waals surface area contributed by atoms with Crippen molar-refractivity contribution in [3.05, 3.63) is 53.6 Å². The molecule has 1 saturated heterocycles. The van der Waals surface area contributed by atoms with Crippen LogP contribution in [0.3, 0.4) is 0 Å². The minimum Gasteiger partial charge on any atom is -0.443 e. The normalized spacial score (nSPS) is 21.8. The van der Waals surface area contributed by atoms with Gasteiger partial charge in [0.2, 0.25) is 0 Å². The lowest BCUT2D eigenvalue weighted by Crippen LogP contribution is -2.39. The van der Waals surface area contributed by atoms with Gasteiger partial charge in [-0.1, -0.05) is 23.8 Å². The Kier molecular flexibility index (Phi) is 4.63.